The highest BCUT2D eigenvalue weighted by Gasteiger charge is 2.26. The van der Waals surface area contributed by atoms with Gasteiger partial charge < -0.3 is 9.47 Å². The second-order valence-electron chi connectivity index (χ2n) is 4.37. The first kappa shape index (κ1) is 12.0. The Morgan fingerprint density at radius 3 is 2.65 bits per heavy atom. The normalized spacial score (nSPS) is 20.1. The molecular formula is C14H18O3. The molecule has 0 bridgehead atoms. The Bertz CT molecular complexity index is 412. The number of ketones is 1. The molecule has 0 saturated heterocycles. The third-order valence-electron chi connectivity index (χ3n) is 3.37. The molecule has 3 heteroatoms. The van der Waals surface area contributed by atoms with Crippen molar-refractivity contribution in [3.8, 4) is 11.5 Å². The van der Waals surface area contributed by atoms with E-state index in [1.165, 1.54) is 0 Å². The van der Waals surface area contributed by atoms with Gasteiger partial charge in [-0.15, -0.1) is 0 Å². The lowest BCUT2D eigenvalue weighted by atomic mass is 9.82. The molecule has 0 N–H and O–H groups in total. The van der Waals surface area contributed by atoms with Crippen LogP contribution in [0.2, 0.25) is 0 Å². The van der Waals surface area contributed by atoms with Gasteiger partial charge in [0.25, 0.3) is 0 Å². The van der Waals surface area contributed by atoms with Crippen LogP contribution in [-0.2, 0) is 4.79 Å². The lowest BCUT2D eigenvalue weighted by Crippen LogP contribution is -2.17. The second-order valence-corrected chi connectivity index (χ2v) is 4.37. The third kappa shape index (κ3) is 2.43. The molecule has 0 aliphatic heterocycles. The van der Waals surface area contributed by atoms with Crippen LogP contribution in [0.25, 0.3) is 0 Å². The number of Topliss-reactive ketones (excluding diaryl/α,β-unsaturated/α-hetero) is 1. The van der Waals surface area contributed by atoms with Crippen LogP contribution in [0, 0.1) is 0 Å². The first-order chi connectivity index (χ1) is 8.26. The predicted molar refractivity (Wildman–Crippen MR) is 65.8 cm³/mol. The van der Waals surface area contributed by atoms with Crippen molar-refractivity contribution < 1.29 is 14.3 Å². The molecule has 1 saturated carbocycles. The Labute approximate surface area is 102 Å². The number of methoxy groups -OCH3 is 2. The zero-order valence-corrected chi connectivity index (χ0v) is 10.4. The lowest BCUT2D eigenvalue weighted by Gasteiger charge is -2.23. The maximum atomic E-state index is 12.0. The average Bonchev–Trinajstić information content (AvgIpc) is 2.38. The Kier molecular flexibility index (Phi) is 3.67. The van der Waals surface area contributed by atoms with Crippen LogP contribution >= 0.6 is 0 Å². The molecule has 1 aliphatic carbocycles. The zero-order chi connectivity index (χ0) is 12.3. The molecule has 1 aromatic rings. The third-order valence-corrected chi connectivity index (χ3v) is 3.37. The van der Waals surface area contributed by atoms with Gasteiger partial charge in [-0.3, -0.25) is 4.79 Å². The van der Waals surface area contributed by atoms with Crippen molar-refractivity contribution >= 4 is 5.78 Å². The van der Waals surface area contributed by atoms with Crippen molar-refractivity contribution in [2.75, 3.05) is 14.2 Å². The van der Waals surface area contributed by atoms with Gasteiger partial charge in [-0.1, -0.05) is 6.42 Å². The van der Waals surface area contributed by atoms with Crippen LogP contribution in [0.4, 0.5) is 0 Å². The van der Waals surface area contributed by atoms with Crippen LogP contribution < -0.4 is 9.47 Å². The summed E-state index contributed by atoms with van der Waals surface area (Å²) in [7, 11) is 3.27. The number of hydrogen-bond donors (Lipinski definition) is 0. The fraction of sp³-hybridized carbons (Fsp3) is 0.500. The summed E-state index contributed by atoms with van der Waals surface area (Å²) in [6, 6.07) is 5.65. The van der Waals surface area contributed by atoms with Crippen molar-refractivity contribution in [1.29, 1.82) is 0 Å². The monoisotopic (exact) mass is 234 g/mol. The number of benzene rings is 1. The minimum atomic E-state index is -0.0196. The van der Waals surface area contributed by atoms with Gasteiger partial charge >= 0.3 is 0 Å². The van der Waals surface area contributed by atoms with Gasteiger partial charge in [0.2, 0.25) is 0 Å². The molecule has 0 heterocycles. The van der Waals surface area contributed by atoms with Crippen molar-refractivity contribution in [3.05, 3.63) is 23.8 Å². The summed E-state index contributed by atoms with van der Waals surface area (Å²) in [6.07, 6.45) is 3.73. The average molecular weight is 234 g/mol. The van der Waals surface area contributed by atoms with E-state index in [1.54, 1.807) is 14.2 Å². The van der Waals surface area contributed by atoms with Crippen LogP contribution in [-0.4, -0.2) is 20.0 Å². The minimum Gasteiger partial charge on any atom is -0.497 e. The van der Waals surface area contributed by atoms with E-state index in [4.69, 9.17) is 9.47 Å². The molecule has 0 radical (unpaired) electrons. The van der Waals surface area contributed by atoms with Crippen molar-refractivity contribution in [1.82, 2.24) is 0 Å². The van der Waals surface area contributed by atoms with E-state index in [-0.39, 0.29) is 5.92 Å². The molecule has 1 aromatic carbocycles. The van der Waals surface area contributed by atoms with E-state index in [0.717, 1.165) is 36.3 Å². The molecule has 1 unspecified atom stereocenters. The largest absolute Gasteiger partial charge is 0.497 e. The smallest absolute Gasteiger partial charge is 0.140 e. The molecule has 17 heavy (non-hydrogen) atoms. The predicted octanol–water partition coefficient (Wildman–Crippen LogP) is 2.93. The lowest BCUT2D eigenvalue weighted by molar-refractivity contribution is -0.121. The first-order valence-electron chi connectivity index (χ1n) is 6.01. The van der Waals surface area contributed by atoms with Gasteiger partial charge in [0, 0.05) is 17.9 Å². The van der Waals surface area contributed by atoms with Gasteiger partial charge in [-0.05, 0) is 31.0 Å². The summed E-state index contributed by atoms with van der Waals surface area (Å²) >= 11 is 0. The maximum absolute atomic E-state index is 12.0. The molecule has 0 amide bonds. The van der Waals surface area contributed by atoms with Gasteiger partial charge in [0.05, 0.1) is 14.2 Å². The molecule has 0 aromatic heterocycles. The summed E-state index contributed by atoms with van der Waals surface area (Å²) in [4.78, 5) is 12.0. The molecule has 92 valence electrons. The van der Waals surface area contributed by atoms with Gasteiger partial charge in [-0.25, -0.2) is 0 Å². The summed E-state index contributed by atoms with van der Waals surface area (Å²) in [6.45, 7) is 0. The van der Waals surface area contributed by atoms with E-state index in [1.807, 2.05) is 18.2 Å². The highest BCUT2D eigenvalue weighted by Crippen LogP contribution is 2.37. The van der Waals surface area contributed by atoms with Crippen LogP contribution in [0.15, 0.2) is 18.2 Å². The highest BCUT2D eigenvalue weighted by molar-refractivity contribution is 5.87. The Balaban J connectivity index is 2.37. The van der Waals surface area contributed by atoms with Crippen LogP contribution in [0.3, 0.4) is 0 Å². The van der Waals surface area contributed by atoms with Crippen molar-refractivity contribution in [3.63, 3.8) is 0 Å². The van der Waals surface area contributed by atoms with E-state index in [0.29, 0.717) is 12.2 Å². The second kappa shape index (κ2) is 5.21. The molecule has 3 nitrogen and oxygen atoms in total. The van der Waals surface area contributed by atoms with Gasteiger partial charge in [0.1, 0.15) is 17.3 Å². The number of rotatable bonds is 3. The molecule has 1 atom stereocenters. The Morgan fingerprint density at radius 2 is 2.00 bits per heavy atom. The van der Waals surface area contributed by atoms with E-state index >= 15 is 0 Å². The standard InChI is InChI=1S/C14H18O3/c1-16-10-7-8-14(17-2)12(9-10)11-5-3-4-6-13(11)15/h7-9,11H,3-6H2,1-2H3. The van der Waals surface area contributed by atoms with E-state index in [2.05, 4.69) is 0 Å². The van der Waals surface area contributed by atoms with Gasteiger partial charge in [0.15, 0.2) is 0 Å². The van der Waals surface area contributed by atoms with Crippen molar-refractivity contribution in [2.24, 2.45) is 0 Å². The summed E-state index contributed by atoms with van der Waals surface area (Å²) in [5.74, 6) is 1.86. The summed E-state index contributed by atoms with van der Waals surface area (Å²) < 4.78 is 10.6. The minimum absolute atomic E-state index is 0.0196. The Hall–Kier alpha value is -1.51. The number of ether oxygens (including phenoxy) is 2. The number of hydrogen-bond acceptors (Lipinski definition) is 3. The highest BCUT2D eigenvalue weighted by atomic mass is 16.5. The molecule has 2 rings (SSSR count). The van der Waals surface area contributed by atoms with Gasteiger partial charge in [-0.2, -0.15) is 0 Å². The van der Waals surface area contributed by atoms with Crippen molar-refractivity contribution in [2.45, 2.75) is 31.6 Å². The number of carbonyl (C=O) groups is 1. The molecule has 0 spiro atoms. The molecule has 1 fully saturated rings. The topological polar surface area (TPSA) is 35.5 Å². The fourth-order valence-corrected chi connectivity index (χ4v) is 2.42. The van der Waals surface area contributed by atoms with E-state index in [9.17, 15) is 4.79 Å². The van der Waals surface area contributed by atoms with E-state index < -0.39 is 0 Å². The summed E-state index contributed by atoms with van der Waals surface area (Å²) in [5, 5.41) is 0. The summed E-state index contributed by atoms with van der Waals surface area (Å²) in [5.41, 5.74) is 0.969. The molecular weight excluding hydrogens is 216 g/mol. The Morgan fingerprint density at radius 1 is 1.18 bits per heavy atom. The molecule has 1 aliphatic rings. The quantitative estimate of drug-likeness (QED) is 0.806. The van der Waals surface area contributed by atoms with Crippen LogP contribution in [0.1, 0.15) is 37.2 Å². The van der Waals surface area contributed by atoms with Crippen LogP contribution in [0.5, 0.6) is 11.5 Å². The number of carbonyl (C=O) groups excluding carboxylic acids is 1. The fourth-order valence-electron chi connectivity index (χ4n) is 2.42. The first-order valence-corrected chi connectivity index (χ1v) is 6.01. The zero-order valence-electron chi connectivity index (χ0n) is 10.4. The SMILES string of the molecule is COc1ccc(OC)c(C2CCCCC2=O)c1. The maximum Gasteiger partial charge on any atom is 0.140 e.